The number of hydrogen-bond donors (Lipinski definition) is 1. The lowest BCUT2D eigenvalue weighted by molar-refractivity contribution is 0.184. The van der Waals surface area contributed by atoms with E-state index < -0.39 is 0 Å². The Balaban J connectivity index is 1.78. The first-order valence-electron chi connectivity index (χ1n) is 8.39. The Morgan fingerprint density at radius 1 is 1.25 bits per heavy atom. The predicted molar refractivity (Wildman–Crippen MR) is 84.0 cm³/mol. The summed E-state index contributed by atoms with van der Waals surface area (Å²) in [5.41, 5.74) is 10.7. The summed E-state index contributed by atoms with van der Waals surface area (Å²) < 4.78 is 2.64. The van der Waals surface area contributed by atoms with Gasteiger partial charge in [0.25, 0.3) is 0 Å². The number of hydrogen-bond acceptors (Lipinski definition) is 2. The highest BCUT2D eigenvalue weighted by molar-refractivity contribution is 5.33. The van der Waals surface area contributed by atoms with E-state index in [-0.39, 0.29) is 6.04 Å². The molecule has 1 fully saturated rings. The smallest absolute Gasteiger partial charge is 0.0360 e. The molecule has 112 valence electrons. The largest absolute Gasteiger partial charge is 0.345 e. The molecule has 2 aliphatic rings. The van der Waals surface area contributed by atoms with Gasteiger partial charge in [-0.1, -0.05) is 6.92 Å². The molecule has 1 unspecified atom stereocenters. The molecule has 20 heavy (non-hydrogen) atoms. The fraction of sp³-hybridized carbons (Fsp3) is 0.765. The zero-order valence-corrected chi connectivity index (χ0v) is 13.1. The summed E-state index contributed by atoms with van der Waals surface area (Å²) in [6.45, 7) is 8.33. The third-order valence-electron chi connectivity index (χ3n) is 5.16. The molecular formula is C17H29N3. The summed E-state index contributed by atoms with van der Waals surface area (Å²) in [7, 11) is 0. The molecular weight excluding hydrogens is 246 g/mol. The highest BCUT2D eigenvalue weighted by Gasteiger charge is 2.27. The number of nitrogens with two attached hydrogens (primary N) is 1. The molecule has 1 aromatic heterocycles. The molecule has 0 bridgehead atoms. The van der Waals surface area contributed by atoms with Crippen molar-refractivity contribution in [1.82, 2.24) is 9.47 Å². The third kappa shape index (κ3) is 2.53. The molecule has 0 spiro atoms. The van der Waals surface area contributed by atoms with Gasteiger partial charge < -0.3 is 15.2 Å². The number of likely N-dealkylation sites (tertiary alicyclic amines) is 1. The maximum absolute atomic E-state index is 6.30. The van der Waals surface area contributed by atoms with Gasteiger partial charge in [-0.05, 0) is 63.6 Å². The average Bonchev–Trinajstić information content (AvgIpc) is 2.78. The van der Waals surface area contributed by atoms with Crippen molar-refractivity contribution in [2.24, 2.45) is 5.73 Å². The lowest BCUT2D eigenvalue weighted by atomic mass is 9.93. The maximum atomic E-state index is 6.30. The van der Waals surface area contributed by atoms with Crippen LogP contribution < -0.4 is 5.73 Å². The van der Waals surface area contributed by atoms with E-state index in [0.717, 1.165) is 6.42 Å². The molecule has 1 atom stereocenters. The Morgan fingerprint density at radius 2 is 2.00 bits per heavy atom. The summed E-state index contributed by atoms with van der Waals surface area (Å²) in [5, 5.41) is 0. The minimum Gasteiger partial charge on any atom is -0.345 e. The molecule has 2 N–H and O–H groups in total. The topological polar surface area (TPSA) is 34.2 Å². The number of aryl methyl sites for hydroxylation is 1. The van der Waals surface area contributed by atoms with Crippen molar-refractivity contribution in [2.75, 3.05) is 19.6 Å². The van der Waals surface area contributed by atoms with Gasteiger partial charge in [0.2, 0.25) is 0 Å². The fourth-order valence-electron chi connectivity index (χ4n) is 4.19. The minimum absolute atomic E-state index is 0.277. The summed E-state index contributed by atoms with van der Waals surface area (Å²) in [5.74, 6) is 0. The molecule has 0 radical (unpaired) electrons. The molecule has 0 amide bonds. The number of piperidine rings is 1. The summed E-state index contributed by atoms with van der Waals surface area (Å²) >= 11 is 0. The van der Waals surface area contributed by atoms with Crippen molar-refractivity contribution < 1.29 is 0 Å². The predicted octanol–water partition coefficient (Wildman–Crippen LogP) is 3.18. The van der Waals surface area contributed by atoms with Crippen molar-refractivity contribution in [3.63, 3.8) is 0 Å². The molecule has 0 aromatic carbocycles. The minimum atomic E-state index is 0.277. The molecule has 1 aliphatic carbocycles. The Kier molecular flexibility index (Phi) is 4.18. The van der Waals surface area contributed by atoms with Crippen molar-refractivity contribution >= 4 is 0 Å². The van der Waals surface area contributed by atoms with Gasteiger partial charge in [0.1, 0.15) is 0 Å². The maximum Gasteiger partial charge on any atom is 0.0360 e. The number of fused-ring (bicyclic) bond motifs is 1. The molecule has 0 saturated carbocycles. The van der Waals surface area contributed by atoms with Gasteiger partial charge in [0.15, 0.2) is 0 Å². The monoisotopic (exact) mass is 275 g/mol. The van der Waals surface area contributed by atoms with Gasteiger partial charge in [0, 0.05) is 36.6 Å². The van der Waals surface area contributed by atoms with Crippen LogP contribution in [0.5, 0.6) is 0 Å². The van der Waals surface area contributed by atoms with Gasteiger partial charge in [-0.25, -0.2) is 0 Å². The quantitative estimate of drug-likeness (QED) is 0.919. The lowest BCUT2D eigenvalue weighted by Gasteiger charge is -2.35. The first-order chi connectivity index (χ1) is 9.70. The van der Waals surface area contributed by atoms with Crippen LogP contribution in [-0.2, 0) is 6.42 Å². The zero-order chi connectivity index (χ0) is 14.1. The first-order valence-corrected chi connectivity index (χ1v) is 8.39. The second-order valence-electron chi connectivity index (χ2n) is 6.63. The average molecular weight is 275 g/mol. The van der Waals surface area contributed by atoms with Crippen LogP contribution in [0.15, 0.2) is 6.07 Å². The van der Waals surface area contributed by atoms with Crippen LogP contribution in [0.25, 0.3) is 0 Å². The van der Waals surface area contributed by atoms with Gasteiger partial charge in [-0.15, -0.1) is 0 Å². The van der Waals surface area contributed by atoms with Crippen molar-refractivity contribution in [3.8, 4) is 0 Å². The van der Waals surface area contributed by atoms with Crippen LogP contribution in [0.4, 0.5) is 0 Å². The van der Waals surface area contributed by atoms with Gasteiger partial charge in [-0.3, -0.25) is 0 Å². The van der Waals surface area contributed by atoms with Crippen molar-refractivity contribution in [1.29, 1.82) is 0 Å². The highest BCUT2D eigenvalue weighted by Crippen LogP contribution is 2.35. The third-order valence-corrected chi connectivity index (χ3v) is 5.16. The van der Waals surface area contributed by atoms with Crippen molar-refractivity contribution in [2.45, 2.75) is 64.5 Å². The van der Waals surface area contributed by atoms with Crippen LogP contribution in [-0.4, -0.2) is 29.1 Å². The van der Waals surface area contributed by atoms with Crippen molar-refractivity contribution in [3.05, 3.63) is 23.0 Å². The van der Waals surface area contributed by atoms with Crippen LogP contribution in [0.3, 0.4) is 0 Å². The van der Waals surface area contributed by atoms with Gasteiger partial charge >= 0.3 is 0 Å². The Hall–Kier alpha value is -0.800. The fourth-order valence-corrected chi connectivity index (χ4v) is 4.19. The van der Waals surface area contributed by atoms with Crippen LogP contribution in [0, 0.1) is 6.92 Å². The van der Waals surface area contributed by atoms with E-state index in [9.17, 15) is 0 Å². The molecule has 1 saturated heterocycles. The number of aromatic nitrogens is 1. The molecule has 1 aliphatic heterocycles. The SMILES string of the molecule is CCCN1CCC(n2c(C)cc3c2CCCC3N)CC1. The van der Waals surface area contributed by atoms with Crippen LogP contribution in [0.2, 0.25) is 0 Å². The Morgan fingerprint density at radius 3 is 2.70 bits per heavy atom. The van der Waals surface area contributed by atoms with Crippen LogP contribution in [0.1, 0.15) is 68.1 Å². The second-order valence-corrected chi connectivity index (χ2v) is 6.63. The van der Waals surface area contributed by atoms with Crippen LogP contribution >= 0.6 is 0 Å². The first kappa shape index (κ1) is 14.2. The Bertz CT molecular complexity index is 455. The summed E-state index contributed by atoms with van der Waals surface area (Å²) in [4.78, 5) is 2.62. The molecule has 3 rings (SSSR count). The normalized spacial score (nSPS) is 24.9. The lowest BCUT2D eigenvalue weighted by Crippen LogP contribution is -2.36. The van der Waals surface area contributed by atoms with E-state index in [1.807, 2.05) is 0 Å². The van der Waals surface area contributed by atoms with E-state index >= 15 is 0 Å². The summed E-state index contributed by atoms with van der Waals surface area (Å²) in [6.07, 6.45) is 7.52. The highest BCUT2D eigenvalue weighted by atomic mass is 15.2. The summed E-state index contributed by atoms with van der Waals surface area (Å²) in [6, 6.07) is 3.34. The van der Waals surface area contributed by atoms with E-state index in [4.69, 9.17) is 5.73 Å². The standard InChI is InChI=1S/C17H29N3/c1-3-9-19-10-7-14(8-11-19)20-13(2)12-15-16(18)5-4-6-17(15)20/h12,14,16H,3-11,18H2,1-2H3. The Labute approximate surface area is 123 Å². The number of nitrogens with zero attached hydrogens (tertiary/aromatic N) is 2. The van der Waals surface area contributed by atoms with Gasteiger partial charge in [-0.2, -0.15) is 0 Å². The van der Waals surface area contributed by atoms with E-state index in [0.29, 0.717) is 6.04 Å². The van der Waals surface area contributed by atoms with E-state index in [1.54, 1.807) is 5.69 Å². The second kappa shape index (κ2) is 5.90. The molecule has 3 heteroatoms. The molecule has 3 nitrogen and oxygen atoms in total. The molecule has 1 aromatic rings. The van der Waals surface area contributed by atoms with E-state index in [1.165, 1.54) is 63.0 Å². The number of rotatable bonds is 3. The van der Waals surface area contributed by atoms with Gasteiger partial charge in [0.05, 0.1) is 0 Å². The zero-order valence-electron chi connectivity index (χ0n) is 13.1. The van der Waals surface area contributed by atoms with E-state index in [2.05, 4.69) is 29.4 Å². The molecule has 2 heterocycles.